The molecule has 4 heteroatoms. The number of nitrogens with one attached hydrogen (secondary N) is 1. The molecule has 1 aromatic rings. The number of anilines is 2. The molecular weight excluding hydrogens is 266 g/mol. The third-order valence-corrected chi connectivity index (χ3v) is 4.76. The summed E-state index contributed by atoms with van der Waals surface area (Å²) in [6.07, 6.45) is 6.69. The number of benzene rings is 1. The lowest BCUT2D eigenvalue weighted by molar-refractivity contribution is -0.462. The average Bonchev–Trinajstić information content (AvgIpc) is 2.43. The third-order valence-electron chi connectivity index (χ3n) is 3.59. The molecule has 1 atom stereocenters. The van der Waals surface area contributed by atoms with E-state index in [1.165, 1.54) is 26.9 Å². The lowest BCUT2D eigenvalue weighted by Crippen LogP contribution is -2.26. The van der Waals surface area contributed by atoms with Gasteiger partial charge in [-0.15, -0.1) is 0 Å². The molecule has 0 bridgehead atoms. The standard InChI is InChI=1S/C16H20N3S/c1-18(2)11-5-7-13-15(9-11)20-16-10-12(19(3)4)6-8-14(16)17-13/h5-10,13,17H,1-4H3/q+1/t13-/m0/s1. The fourth-order valence-corrected chi connectivity index (χ4v) is 3.47. The highest BCUT2D eigenvalue weighted by Gasteiger charge is 2.25. The molecule has 0 amide bonds. The number of hydrogen-bond donors (Lipinski definition) is 1. The van der Waals surface area contributed by atoms with Gasteiger partial charge in [0.25, 0.3) is 0 Å². The fraction of sp³-hybridized carbons (Fsp3) is 0.312. The van der Waals surface area contributed by atoms with Crippen molar-refractivity contribution in [2.45, 2.75) is 10.9 Å². The van der Waals surface area contributed by atoms with Crippen LogP contribution in [0, 0.1) is 0 Å². The monoisotopic (exact) mass is 286 g/mol. The molecule has 20 heavy (non-hydrogen) atoms. The Hall–Kier alpha value is -1.68. The van der Waals surface area contributed by atoms with Gasteiger partial charge in [0.15, 0.2) is 5.71 Å². The summed E-state index contributed by atoms with van der Waals surface area (Å²) in [7, 11) is 8.31. The molecule has 1 aliphatic heterocycles. The molecule has 0 saturated heterocycles. The largest absolute Gasteiger partial charge is 0.378 e. The van der Waals surface area contributed by atoms with Crippen molar-refractivity contribution in [1.29, 1.82) is 0 Å². The van der Waals surface area contributed by atoms with Gasteiger partial charge in [-0.1, -0.05) is 17.8 Å². The second-order valence-electron chi connectivity index (χ2n) is 5.52. The quantitative estimate of drug-likeness (QED) is 0.801. The Kier molecular flexibility index (Phi) is 3.34. The molecule has 0 spiro atoms. The van der Waals surface area contributed by atoms with Gasteiger partial charge < -0.3 is 10.2 Å². The van der Waals surface area contributed by atoms with Crippen molar-refractivity contribution in [3.8, 4) is 0 Å². The summed E-state index contributed by atoms with van der Waals surface area (Å²) in [6.45, 7) is 0. The molecule has 104 valence electrons. The highest BCUT2D eigenvalue weighted by molar-refractivity contribution is 8.03. The van der Waals surface area contributed by atoms with E-state index in [4.69, 9.17) is 0 Å². The first-order chi connectivity index (χ1) is 9.54. The van der Waals surface area contributed by atoms with Gasteiger partial charge in [-0.3, -0.25) is 0 Å². The summed E-state index contributed by atoms with van der Waals surface area (Å²) in [4.78, 5) is 4.80. The molecule has 0 aromatic heterocycles. The number of nitrogens with zero attached hydrogens (tertiary/aromatic N) is 2. The summed E-state index contributed by atoms with van der Waals surface area (Å²) in [5.41, 5.74) is 3.71. The molecule has 0 fully saturated rings. The molecule has 1 N–H and O–H groups in total. The molecule has 3 nitrogen and oxygen atoms in total. The maximum Gasteiger partial charge on any atom is 0.200 e. The topological polar surface area (TPSA) is 18.3 Å². The molecule has 3 rings (SSSR count). The van der Waals surface area contributed by atoms with E-state index < -0.39 is 0 Å². The van der Waals surface area contributed by atoms with E-state index >= 15 is 0 Å². The van der Waals surface area contributed by atoms with Crippen LogP contribution in [0.3, 0.4) is 0 Å². The second-order valence-corrected chi connectivity index (χ2v) is 6.64. The van der Waals surface area contributed by atoms with E-state index in [0.717, 1.165) is 0 Å². The number of fused-ring (bicyclic) bond motifs is 2. The maximum atomic E-state index is 3.60. The smallest absolute Gasteiger partial charge is 0.200 e. The Morgan fingerprint density at radius 2 is 2.05 bits per heavy atom. The Bertz CT molecular complexity index is 637. The highest BCUT2D eigenvalue weighted by Crippen LogP contribution is 2.43. The van der Waals surface area contributed by atoms with Crippen LogP contribution in [0.15, 0.2) is 46.2 Å². The zero-order valence-corrected chi connectivity index (χ0v) is 13.2. The van der Waals surface area contributed by atoms with Crippen LogP contribution >= 0.6 is 11.8 Å². The maximum absolute atomic E-state index is 3.60. The van der Waals surface area contributed by atoms with Crippen LogP contribution < -0.4 is 10.2 Å². The van der Waals surface area contributed by atoms with E-state index in [0.29, 0.717) is 6.04 Å². The number of allylic oxidation sites excluding steroid dienone is 2. The summed E-state index contributed by atoms with van der Waals surface area (Å²) in [5.74, 6) is 0. The Labute approximate surface area is 124 Å². The molecule has 1 aromatic carbocycles. The van der Waals surface area contributed by atoms with Crippen LogP contribution in [-0.2, 0) is 0 Å². The van der Waals surface area contributed by atoms with Crippen LogP contribution in [0.1, 0.15) is 0 Å². The summed E-state index contributed by atoms with van der Waals surface area (Å²) < 4.78 is 2.14. The molecule has 0 unspecified atom stereocenters. The van der Waals surface area contributed by atoms with Gasteiger partial charge in [0.05, 0.1) is 6.04 Å². The molecule has 2 aliphatic rings. The van der Waals surface area contributed by atoms with E-state index in [1.54, 1.807) is 0 Å². The van der Waals surface area contributed by atoms with Crippen molar-refractivity contribution in [3.63, 3.8) is 0 Å². The molecule has 1 heterocycles. The minimum atomic E-state index is 0.307. The van der Waals surface area contributed by atoms with Gasteiger partial charge in [-0.05, 0) is 18.2 Å². The van der Waals surface area contributed by atoms with Crippen molar-refractivity contribution in [2.75, 3.05) is 38.4 Å². The van der Waals surface area contributed by atoms with Gasteiger partial charge in [0.2, 0.25) is 0 Å². The predicted molar refractivity (Wildman–Crippen MR) is 88.4 cm³/mol. The van der Waals surface area contributed by atoms with Crippen molar-refractivity contribution in [2.24, 2.45) is 0 Å². The van der Waals surface area contributed by atoms with Gasteiger partial charge in [-0.25, -0.2) is 4.58 Å². The average molecular weight is 286 g/mol. The summed E-state index contributed by atoms with van der Waals surface area (Å²) in [6, 6.07) is 6.89. The lowest BCUT2D eigenvalue weighted by atomic mass is 10.1. The van der Waals surface area contributed by atoms with E-state index in [1.807, 2.05) is 11.8 Å². The predicted octanol–water partition coefficient (Wildman–Crippen LogP) is 2.81. The van der Waals surface area contributed by atoms with Crippen LogP contribution in [0.25, 0.3) is 0 Å². The summed E-state index contributed by atoms with van der Waals surface area (Å²) in [5, 5.41) is 3.60. The first-order valence-corrected chi connectivity index (χ1v) is 7.56. The first kappa shape index (κ1) is 13.3. The van der Waals surface area contributed by atoms with Crippen molar-refractivity contribution < 1.29 is 4.58 Å². The Balaban J connectivity index is 1.98. The zero-order valence-electron chi connectivity index (χ0n) is 12.3. The van der Waals surface area contributed by atoms with Crippen molar-refractivity contribution in [3.05, 3.63) is 41.3 Å². The Morgan fingerprint density at radius 3 is 2.75 bits per heavy atom. The first-order valence-electron chi connectivity index (χ1n) is 6.74. The van der Waals surface area contributed by atoms with E-state index in [9.17, 15) is 0 Å². The third kappa shape index (κ3) is 2.36. The van der Waals surface area contributed by atoms with Gasteiger partial charge in [0.1, 0.15) is 14.1 Å². The summed E-state index contributed by atoms with van der Waals surface area (Å²) >= 11 is 1.87. The Morgan fingerprint density at radius 1 is 1.25 bits per heavy atom. The van der Waals surface area contributed by atoms with Crippen molar-refractivity contribution >= 4 is 28.8 Å². The molecule has 1 aliphatic carbocycles. The van der Waals surface area contributed by atoms with Crippen LogP contribution in [0.5, 0.6) is 0 Å². The highest BCUT2D eigenvalue weighted by atomic mass is 32.2. The van der Waals surface area contributed by atoms with Crippen molar-refractivity contribution in [1.82, 2.24) is 0 Å². The minimum Gasteiger partial charge on any atom is -0.378 e. The fourth-order valence-electron chi connectivity index (χ4n) is 2.35. The number of thioether (sulfide) groups is 1. The van der Waals surface area contributed by atoms with E-state index in [2.05, 4.69) is 79.4 Å². The van der Waals surface area contributed by atoms with E-state index in [-0.39, 0.29) is 0 Å². The number of hydrogen-bond acceptors (Lipinski definition) is 3. The molecule has 0 saturated carbocycles. The van der Waals surface area contributed by atoms with Gasteiger partial charge >= 0.3 is 0 Å². The van der Waals surface area contributed by atoms with Crippen LogP contribution in [0.2, 0.25) is 0 Å². The lowest BCUT2D eigenvalue weighted by Gasteiger charge is -2.29. The van der Waals surface area contributed by atoms with Gasteiger partial charge in [-0.2, -0.15) is 0 Å². The second kappa shape index (κ2) is 5.02. The molecular formula is C16H20N3S+. The SMILES string of the molecule is CN(C)c1ccc2c(c1)SC1=CC(=[N+](C)C)C=C[C@@H]1N2. The normalized spacial score (nSPS) is 19.7. The van der Waals surface area contributed by atoms with Crippen LogP contribution in [0.4, 0.5) is 11.4 Å². The zero-order chi connectivity index (χ0) is 14.3. The number of rotatable bonds is 1. The molecule has 0 radical (unpaired) electrons. The van der Waals surface area contributed by atoms with Crippen LogP contribution in [-0.4, -0.2) is 44.5 Å². The minimum absolute atomic E-state index is 0.307. The van der Waals surface area contributed by atoms with Gasteiger partial charge in [0, 0.05) is 47.4 Å².